The maximum absolute atomic E-state index is 11.9. The lowest BCUT2D eigenvalue weighted by Gasteiger charge is -2.20. The molecule has 1 aliphatic rings. The van der Waals surface area contributed by atoms with Crippen molar-refractivity contribution in [1.29, 1.82) is 0 Å². The van der Waals surface area contributed by atoms with Crippen molar-refractivity contribution < 1.29 is 19.4 Å². The Kier molecular flexibility index (Phi) is 7.07. The molecule has 0 radical (unpaired) electrons. The maximum atomic E-state index is 11.9. The van der Waals surface area contributed by atoms with Gasteiger partial charge in [0.05, 0.1) is 12.2 Å². The van der Waals surface area contributed by atoms with Crippen LogP contribution >= 0.6 is 0 Å². The van der Waals surface area contributed by atoms with E-state index in [1.165, 1.54) is 19.3 Å². The summed E-state index contributed by atoms with van der Waals surface area (Å²) in [5, 5.41) is 11.9. The van der Waals surface area contributed by atoms with Gasteiger partial charge in [-0.1, -0.05) is 44.2 Å². The summed E-state index contributed by atoms with van der Waals surface area (Å²) in [6, 6.07) is 6.68. The number of rotatable bonds is 5. The van der Waals surface area contributed by atoms with E-state index in [4.69, 9.17) is 9.84 Å². The largest absolute Gasteiger partial charge is 0.452 e. The van der Waals surface area contributed by atoms with Gasteiger partial charge in [0.1, 0.15) is 0 Å². The molecule has 1 saturated carbocycles. The lowest BCUT2D eigenvalue weighted by atomic mass is 9.97. The topological polar surface area (TPSA) is 75.6 Å². The van der Waals surface area contributed by atoms with E-state index in [1.807, 2.05) is 0 Å². The molecule has 1 aliphatic carbocycles. The van der Waals surface area contributed by atoms with Gasteiger partial charge in [0.25, 0.3) is 5.91 Å². The van der Waals surface area contributed by atoms with Crippen LogP contribution in [0.2, 0.25) is 0 Å². The number of nitrogens with one attached hydrogen (secondary N) is 1. The van der Waals surface area contributed by atoms with Gasteiger partial charge in [0.2, 0.25) is 0 Å². The van der Waals surface area contributed by atoms with Crippen LogP contribution < -0.4 is 5.32 Å². The minimum absolute atomic E-state index is 0.0703. The van der Waals surface area contributed by atoms with Crippen LogP contribution in [-0.2, 0) is 16.1 Å². The van der Waals surface area contributed by atoms with E-state index in [-0.39, 0.29) is 25.2 Å². The summed E-state index contributed by atoms with van der Waals surface area (Å²) in [5.41, 5.74) is 1.10. The van der Waals surface area contributed by atoms with Gasteiger partial charge >= 0.3 is 5.97 Å². The smallest absolute Gasteiger partial charge is 0.338 e. The zero-order valence-corrected chi connectivity index (χ0v) is 13.4. The Hall–Kier alpha value is -1.88. The van der Waals surface area contributed by atoms with E-state index in [1.54, 1.807) is 24.3 Å². The first kappa shape index (κ1) is 17.5. The number of esters is 1. The SMILES string of the molecule is O=C(COC(=O)c1ccc(CO)cc1)NC1CCCCCCC1. The number of benzene rings is 1. The first-order valence-corrected chi connectivity index (χ1v) is 8.35. The quantitative estimate of drug-likeness (QED) is 0.818. The van der Waals surface area contributed by atoms with Crippen molar-refractivity contribution in [3.05, 3.63) is 35.4 Å². The molecule has 1 fully saturated rings. The second-order valence-corrected chi connectivity index (χ2v) is 6.04. The highest BCUT2D eigenvalue weighted by atomic mass is 16.5. The molecule has 0 atom stereocenters. The molecular weight excluding hydrogens is 294 g/mol. The third-order valence-electron chi connectivity index (χ3n) is 4.18. The van der Waals surface area contributed by atoms with E-state index >= 15 is 0 Å². The van der Waals surface area contributed by atoms with E-state index in [0.29, 0.717) is 5.56 Å². The van der Waals surface area contributed by atoms with Crippen molar-refractivity contribution >= 4 is 11.9 Å². The summed E-state index contributed by atoms with van der Waals surface area (Å²) in [6.07, 6.45) is 8.03. The molecule has 0 aromatic heterocycles. The molecule has 0 spiro atoms. The molecule has 5 heteroatoms. The fourth-order valence-electron chi connectivity index (χ4n) is 2.83. The Morgan fingerprint density at radius 2 is 1.65 bits per heavy atom. The van der Waals surface area contributed by atoms with Crippen LogP contribution in [0.5, 0.6) is 0 Å². The van der Waals surface area contributed by atoms with Gasteiger partial charge in [0, 0.05) is 6.04 Å². The molecule has 1 aromatic rings. The van der Waals surface area contributed by atoms with Crippen molar-refractivity contribution in [3.63, 3.8) is 0 Å². The summed E-state index contributed by atoms with van der Waals surface area (Å²) in [7, 11) is 0. The van der Waals surface area contributed by atoms with Gasteiger partial charge in [-0.05, 0) is 30.5 Å². The zero-order valence-electron chi connectivity index (χ0n) is 13.4. The minimum atomic E-state index is -0.526. The number of aliphatic hydroxyl groups is 1. The molecule has 0 saturated heterocycles. The fraction of sp³-hybridized carbons (Fsp3) is 0.556. The van der Waals surface area contributed by atoms with Crippen LogP contribution in [0, 0.1) is 0 Å². The molecule has 1 aromatic carbocycles. The second kappa shape index (κ2) is 9.30. The molecule has 5 nitrogen and oxygen atoms in total. The number of carbonyl (C=O) groups is 2. The van der Waals surface area contributed by atoms with Crippen molar-refractivity contribution in [1.82, 2.24) is 5.32 Å². The molecule has 0 heterocycles. The summed E-state index contributed by atoms with van der Waals surface area (Å²) < 4.78 is 5.05. The van der Waals surface area contributed by atoms with Gasteiger partial charge in [0.15, 0.2) is 6.61 Å². The van der Waals surface area contributed by atoms with Crippen LogP contribution in [0.25, 0.3) is 0 Å². The minimum Gasteiger partial charge on any atom is -0.452 e. The number of aliphatic hydroxyl groups excluding tert-OH is 1. The fourth-order valence-corrected chi connectivity index (χ4v) is 2.83. The summed E-state index contributed by atoms with van der Waals surface area (Å²) in [6.45, 7) is -0.323. The standard InChI is InChI=1S/C18H25NO4/c20-12-14-8-10-15(11-9-14)18(22)23-13-17(21)19-16-6-4-2-1-3-5-7-16/h8-11,16,20H,1-7,12-13H2,(H,19,21). The van der Waals surface area contributed by atoms with Gasteiger partial charge in [-0.2, -0.15) is 0 Å². The van der Waals surface area contributed by atoms with E-state index in [0.717, 1.165) is 31.2 Å². The molecule has 126 valence electrons. The zero-order chi connectivity index (χ0) is 16.5. The van der Waals surface area contributed by atoms with Gasteiger partial charge < -0.3 is 15.2 Å². The monoisotopic (exact) mass is 319 g/mol. The highest BCUT2D eigenvalue weighted by Crippen LogP contribution is 2.17. The molecule has 2 rings (SSSR count). The Bertz CT molecular complexity index is 504. The number of ether oxygens (including phenoxy) is 1. The predicted molar refractivity (Wildman–Crippen MR) is 86.9 cm³/mol. The van der Waals surface area contributed by atoms with Crippen molar-refractivity contribution in [2.24, 2.45) is 0 Å². The van der Waals surface area contributed by atoms with Gasteiger partial charge in [-0.25, -0.2) is 4.79 Å². The van der Waals surface area contributed by atoms with Gasteiger partial charge in [-0.15, -0.1) is 0 Å². The molecule has 1 amide bonds. The average Bonchev–Trinajstić information content (AvgIpc) is 2.55. The van der Waals surface area contributed by atoms with Crippen molar-refractivity contribution in [3.8, 4) is 0 Å². The molecule has 0 unspecified atom stereocenters. The lowest BCUT2D eigenvalue weighted by molar-refractivity contribution is -0.125. The first-order valence-electron chi connectivity index (χ1n) is 8.35. The van der Waals surface area contributed by atoms with Gasteiger partial charge in [-0.3, -0.25) is 4.79 Å². The van der Waals surface area contributed by atoms with E-state index < -0.39 is 5.97 Å². The number of carbonyl (C=O) groups excluding carboxylic acids is 2. The molecular formula is C18H25NO4. The normalized spacial score (nSPS) is 16.2. The number of hydrogen-bond acceptors (Lipinski definition) is 4. The average molecular weight is 319 g/mol. The Balaban J connectivity index is 1.75. The van der Waals surface area contributed by atoms with Crippen LogP contribution in [0.1, 0.15) is 60.9 Å². The molecule has 0 bridgehead atoms. The number of hydrogen-bond donors (Lipinski definition) is 2. The Morgan fingerprint density at radius 3 is 2.26 bits per heavy atom. The molecule has 0 aliphatic heterocycles. The predicted octanol–water partition coefficient (Wildman–Crippen LogP) is 2.56. The van der Waals surface area contributed by atoms with Crippen LogP contribution in [0.15, 0.2) is 24.3 Å². The molecule has 23 heavy (non-hydrogen) atoms. The highest BCUT2D eigenvalue weighted by molar-refractivity contribution is 5.91. The Labute approximate surface area is 137 Å². The summed E-state index contributed by atoms with van der Waals surface area (Å²) in [4.78, 5) is 23.8. The maximum Gasteiger partial charge on any atom is 0.338 e. The van der Waals surface area contributed by atoms with E-state index in [9.17, 15) is 9.59 Å². The first-order chi connectivity index (χ1) is 11.2. The third-order valence-corrected chi connectivity index (χ3v) is 4.18. The lowest BCUT2D eigenvalue weighted by Crippen LogP contribution is -2.38. The van der Waals surface area contributed by atoms with Crippen LogP contribution in [0.3, 0.4) is 0 Å². The number of amides is 1. The highest BCUT2D eigenvalue weighted by Gasteiger charge is 2.15. The van der Waals surface area contributed by atoms with Crippen molar-refractivity contribution in [2.75, 3.05) is 6.61 Å². The van der Waals surface area contributed by atoms with Crippen LogP contribution in [0.4, 0.5) is 0 Å². The Morgan fingerprint density at radius 1 is 1.04 bits per heavy atom. The van der Waals surface area contributed by atoms with Crippen LogP contribution in [-0.4, -0.2) is 29.6 Å². The summed E-state index contributed by atoms with van der Waals surface area (Å²) in [5.74, 6) is -0.766. The summed E-state index contributed by atoms with van der Waals surface area (Å²) >= 11 is 0. The molecule has 2 N–H and O–H groups in total. The third kappa shape index (κ3) is 6.02. The van der Waals surface area contributed by atoms with E-state index in [2.05, 4.69) is 5.32 Å². The second-order valence-electron chi connectivity index (χ2n) is 6.04. The van der Waals surface area contributed by atoms with Crippen molar-refractivity contribution in [2.45, 2.75) is 57.6 Å².